The van der Waals surface area contributed by atoms with Gasteiger partial charge in [-0.25, -0.2) is 4.98 Å². The topological polar surface area (TPSA) is 109 Å². The number of pyridine rings is 2. The summed E-state index contributed by atoms with van der Waals surface area (Å²) in [7, 11) is 0. The zero-order chi connectivity index (χ0) is 23.6. The largest absolute Gasteiger partial charge is 0.420 e. The summed E-state index contributed by atoms with van der Waals surface area (Å²) < 4.78 is 40.7. The van der Waals surface area contributed by atoms with Gasteiger partial charge in [0.15, 0.2) is 5.82 Å². The Balaban J connectivity index is 1.63. The second-order valence-electron chi connectivity index (χ2n) is 6.91. The Labute approximate surface area is 185 Å². The van der Waals surface area contributed by atoms with Crippen molar-refractivity contribution in [2.45, 2.75) is 13.1 Å². The van der Waals surface area contributed by atoms with Crippen molar-refractivity contribution in [1.29, 1.82) is 5.26 Å². The normalized spacial score (nSPS) is 11.1. The molecule has 0 aliphatic carbocycles. The van der Waals surface area contributed by atoms with Gasteiger partial charge in [0.25, 0.3) is 5.91 Å². The maximum Gasteiger partial charge on any atom is 0.420 e. The highest BCUT2D eigenvalue weighted by molar-refractivity contribution is 6.04. The molecule has 0 unspecified atom stereocenters. The molecule has 0 radical (unpaired) electrons. The number of nitrogens with one attached hydrogen (secondary N) is 1. The van der Waals surface area contributed by atoms with Gasteiger partial charge in [-0.2, -0.15) is 28.6 Å². The molecule has 1 N–H and O–H groups in total. The van der Waals surface area contributed by atoms with E-state index in [1.54, 1.807) is 37.3 Å². The Bertz CT molecular complexity index is 1380. The lowest BCUT2D eigenvalue weighted by Crippen LogP contribution is -2.18. The van der Waals surface area contributed by atoms with Crippen LogP contribution in [0.3, 0.4) is 0 Å². The number of alkyl halides is 3. The van der Waals surface area contributed by atoms with E-state index in [-0.39, 0.29) is 11.4 Å². The van der Waals surface area contributed by atoms with Crippen LogP contribution in [-0.4, -0.2) is 30.9 Å². The molecular weight excluding hydrogens is 435 g/mol. The third-order valence-electron chi connectivity index (χ3n) is 4.69. The van der Waals surface area contributed by atoms with E-state index in [0.29, 0.717) is 22.3 Å². The fourth-order valence-electron chi connectivity index (χ4n) is 3.20. The maximum absolute atomic E-state index is 13.6. The third kappa shape index (κ3) is 4.40. The molecule has 3 aromatic heterocycles. The summed E-state index contributed by atoms with van der Waals surface area (Å²) in [5.41, 5.74) is 0.989. The molecule has 164 valence electrons. The van der Waals surface area contributed by atoms with Crippen molar-refractivity contribution >= 4 is 11.6 Å². The number of nitriles is 1. The Morgan fingerprint density at radius 1 is 1.09 bits per heavy atom. The van der Waals surface area contributed by atoms with E-state index >= 15 is 0 Å². The highest BCUT2D eigenvalue weighted by Crippen LogP contribution is 2.34. The zero-order valence-electron chi connectivity index (χ0n) is 17.0. The predicted octanol–water partition coefficient (Wildman–Crippen LogP) is 4.18. The van der Waals surface area contributed by atoms with Crippen molar-refractivity contribution in [2.24, 2.45) is 0 Å². The number of amides is 1. The van der Waals surface area contributed by atoms with Crippen molar-refractivity contribution in [3.63, 3.8) is 0 Å². The van der Waals surface area contributed by atoms with Gasteiger partial charge in [0.1, 0.15) is 11.3 Å². The van der Waals surface area contributed by atoms with Gasteiger partial charge >= 0.3 is 6.18 Å². The smallest absolute Gasteiger partial charge is 0.319 e. The Morgan fingerprint density at radius 2 is 1.82 bits per heavy atom. The number of carbonyl (C=O) groups excluding carboxylic acids is 1. The minimum absolute atomic E-state index is 0.0274. The molecule has 0 aliphatic heterocycles. The van der Waals surface area contributed by atoms with Crippen LogP contribution in [0.4, 0.5) is 18.9 Å². The Hall–Kier alpha value is -4.59. The number of halogens is 3. The van der Waals surface area contributed by atoms with Crippen LogP contribution in [0.1, 0.15) is 27.2 Å². The molecule has 11 heteroatoms. The highest BCUT2D eigenvalue weighted by Gasteiger charge is 2.36. The van der Waals surface area contributed by atoms with Crippen molar-refractivity contribution < 1.29 is 18.0 Å². The number of nitrogens with zero attached hydrogens (tertiary/aromatic N) is 6. The molecule has 0 atom stereocenters. The summed E-state index contributed by atoms with van der Waals surface area (Å²) in [6.45, 7) is 1.65. The van der Waals surface area contributed by atoms with E-state index in [1.165, 1.54) is 18.6 Å². The first kappa shape index (κ1) is 21.6. The first-order valence-electron chi connectivity index (χ1n) is 9.49. The fourth-order valence-corrected chi connectivity index (χ4v) is 3.20. The van der Waals surface area contributed by atoms with Gasteiger partial charge in [-0.1, -0.05) is 18.2 Å². The molecule has 1 aromatic carbocycles. The van der Waals surface area contributed by atoms with Crippen LogP contribution in [0.25, 0.3) is 16.9 Å². The molecule has 8 nitrogen and oxygen atoms in total. The second-order valence-corrected chi connectivity index (χ2v) is 6.91. The van der Waals surface area contributed by atoms with Crippen molar-refractivity contribution in [1.82, 2.24) is 25.0 Å². The lowest BCUT2D eigenvalue weighted by atomic mass is 10.00. The van der Waals surface area contributed by atoms with Gasteiger partial charge in [0, 0.05) is 17.3 Å². The number of aromatic nitrogens is 5. The fraction of sp³-hybridized carbons (Fsp3) is 0.0909. The summed E-state index contributed by atoms with van der Waals surface area (Å²) in [6.07, 6.45) is 0.221. The molecule has 0 spiro atoms. The van der Waals surface area contributed by atoms with Gasteiger partial charge in [-0.3, -0.25) is 9.78 Å². The Morgan fingerprint density at radius 3 is 2.48 bits per heavy atom. The summed E-state index contributed by atoms with van der Waals surface area (Å²) >= 11 is 0. The first-order valence-corrected chi connectivity index (χ1v) is 9.49. The minimum Gasteiger partial charge on any atom is -0.319 e. The van der Waals surface area contributed by atoms with Crippen molar-refractivity contribution in [3.8, 4) is 23.0 Å². The number of hydrogen-bond donors (Lipinski definition) is 1. The van der Waals surface area contributed by atoms with E-state index in [4.69, 9.17) is 0 Å². The maximum atomic E-state index is 13.6. The van der Waals surface area contributed by atoms with Gasteiger partial charge in [0.2, 0.25) is 0 Å². The number of benzene rings is 1. The van der Waals surface area contributed by atoms with E-state index in [9.17, 15) is 23.2 Å². The summed E-state index contributed by atoms with van der Waals surface area (Å²) in [5.74, 6) is -1.21. The van der Waals surface area contributed by atoms with E-state index in [0.717, 1.165) is 17.1 Å². The standard InChI is InChI=1S/C22H14F3N7O/c1-13-8-15(17-5-3-2-4-14(17)10-26)11-27-19(13)21(33)31-16-9-18(22(23,24)25)20(28-12-16)32-29-6-7-30-32/h2-9,11-12H,1H3,(H,31,33). The average molecular weight is 449 g/mol. The molecular formula is C22H14F3N7O. The number of hydrogen-bond acceptors (Lipinski definition) is 6. The zero-order valence-corrected chi connectivity index (χ0v) is 17.0. The lowest BCUT2D eigenvalue weighted by molar-refractivity contribution is -0.137. The average Bonchev–Trinajstić information content (AvgIpc) is 3.33. The number of anilines is 1. The van der Waals surface area contributed by atoms with Crippen LogP contribution in [-0.2, 0) is 6.18 Å². The lowest BCUT2D eigenvalue weighted by Gasteiger charge is -2.14. The summed E-state index contributed by atoms with van der Waals surface area (Å²) in [6, 6.07) is 11.5. The highest BCUT2D eigenvalue weighted by atomic mass is 19.4. The molecule has 4 rings (SSSR count). The third-order valence-corrected chi connectivity index (χ3v) is 4.69. The van der Waals surface area contributed by atoms with Crippen LogP contribution in [0.2, 0.25) is 0 Å². The molecule has 3 heterocycles. The van der Waals surface area contributed by atoms with Crippen LogP contribution in [0, 0.1) is 18.3 Å². The van der Waals surface area contributed by atoms with Crippen molar-refractivity contribution in [2.75, 3.05) is 5.32 Å². The van der Waals surface area contributed by atoms with Crippen LogP contribution >= 0.6 is 0 Å². The first-order chi connectivity index (χ1) is 15.8. The number of aryl methyl sites for hydroxylation is 1. The van der Waals surface area contributed by atoms with Gasteiger partial charge in [0.05, 0.1) is 35.9 Å². The van der Waals surface area contributed by atoms with Crippen LogP contribution < -0.4 is 5.32 Å². The van der Waals surface area contributed by atoms with Gasteiger partial charge in [-0.15, -0.1) is 4.80 Å². The molecule has 0 bridgehead atoms. The SMILES string of the molecule is Cc1cc(-c2ccccc2C#N)cnc1C(=O)Nc1cnc(-n2nccn2)c(C(F)(F)F)c1. The molecule has 0 saturated carbocycles. The minimum atomic E-state index is -4.75. The molecule has 33 heavy (non-hydrogen) atoms. The van der Waals surface area contributed by atoms with Gasteiger partial charge in [-0.05, 0) is 30.7 Å². The Kier molecular flexibility index (Phi) is 5.58. The summed E-state index contributed by atoms with van der Waals surface area (Å²) in [5, 5.41) is 19.0. The van der Waals surface area contributed by atoms with Crippen LogP contribution in [0.5, 0.6) is 0 Å². The van der Waals surface area contributed by atoms with Gasteiger partial charge < -0.3 is 5.32 Å². The quantitative estimate of drug-likeness (QED) is 0.501. The second kappa shape index (κ2) is 8.51. The van der Waals surface area contributed by atoms with E-state index in [1.807, 2.05) is 0 Å². The van der Waals surface area contributed by atoms with Crippen molar-refractivity contribution in [3.05, 3.63) is 83.6 Å². The molecule has 0 fully saturated rings. The van der Waals surface area contributed by atoms with Crippen LogP contribution in [0.15, 0.2) is 61.2 Å². The monoisotopic (exact) mass is 449 g/mol. The summed E-state index contributed by atoms with van der Waals surface area (Å²) in [4.78, 5) is 21.4. The predicted molar refractivity (Wildman–Crippen MR) is 111 cm³/mol. The van der Waals surface area contributed by atoms with E-state index in [2.05, 4.69) is 31.6 Å². The van der Waals surface area contributed by atoms with E-state index < -0.39 is 23.5 Å². The number of carbonyl (C=O) groups is 1. The number of rotatable bonds is 4. The molecule has 0 saturated heterocycles. The molecule has 0 aliphatic rings. The molecule has 4 aromatic rings. The molecule has 1 amide bonds.